The van der Waals surface area contributed by atoms with Crippen LogP contribution in [0.2, 0.25) is 0 Å². The Kier molecular flexibility index (Phi) is 11.9. The molecule has 0 fully saturated rings. The molecule has 168 valence electrons. The van der Waals surface area contributed by atoms with Gasteiger partial charge in [-0.25, -0.2) is 0 Å². The maximum atomic E-state index is 12.2. The number of carbonyl (C=O) groups excluding carboxylic acids is 4. The number of ketones is 1. The van der Waals surface area contributed by atoms with Crippen molar-refractivity contribution in [3.8, 4) is 0 Å². The number of nitrogens with zero attached hydrogens (tertiary/aromatic N) is 1. The molecular formula is C18H27N3O8S. The summed E-state index contributed by atoms with van der Waals surface area (Å²) >= 11 is 0.897. The predicted octanol–water partition coefficient (Wildman–Crippen LogP) is -1.10. The van der Waals surface area contributed by atoms with Crippen LogP contribution in [0.5, 0.6) is 0 Å². The monoisotopic (exact) mass is 445 g/mol. The summed E-state index contributed by atoms with van der Waals surface area (Å²) in [4.78, 5) is 58.4. The van der Waals surface area contributed by atoms with Gasteiger partial charge in [0.1, 0.15) is 11.8 Å². The van der Waals surface area contributed by atoms with Crippen LogP contribution >= 0.6 is 11.8 Å². The fraction of sp³-hybridized carbons (Fsp3) is 0.611. The molecule has 12 heteroatoms. The maximum Gasteiger partial charge on any atom is 0.321 e. The molecule has 3 amide bonds. The number of Topliss-reactive ketones (excluding diaryl/α,β-unsaturated/α-hetero) is 1. The lowest BCUT2D eigenvalue weighted by molar-refractivity contribution is -0.139. The second-order valence-electron chi connectivity index (χ2n) is 6.34. The maximum absolute atomic E-state index is 12.2. The molecule has 1 rings (SSSR count). The molecule has 1 atom stereocenters. The molecular weight excluding hydrogens is 418 g/mol. The minimum atomic E-state index is -1.20. The topological polar surface area (TPSA) is 165 Å². The van der Waals surface area contributed by atoms with E-state index in [9.17, 15) is 24.0 Å². The van der Waals surface area contributed by atoms with E-state index >= 15 is 0 Å². The Bertz CT molecular complexity index is 682. The summed E-state index contributed by atoms with van der Waals surface area (Å²) in [7, 11) is 0. The van der Waals surface area contributed by atoms with Crippen molar-refractivity contribution < 1.29 is 38.6 Å². The van der Waals surface area contributed by atoms with Gasteiger partial charge in [0.2, 0.25) is 5.91 Å². The van der Waals surface area contributed by atoms with Crippen molar-refractivity contribution in [3.63, 3.8) is 0 Å². The Labute approximate surface area is 178 Å². The van der Waals surface area contributed by atoms with Crippen LogP contribution in [0.25, 0.3) is 0 Å². The van der Waals surface area contributed by atoms with Crippen molar-refractivity contribution >= 4 is 41.2 Å². The van der Waals surface area contributed by atoms with E-state index in [1.54, 1.807) is 0 Å². The predicted molar refractivity (Wildman–Crippen MR) is 107 cm³/mol. The van der Waals surface area contributed by atoms with Crippen molar-refractivity contribution in [3.05, 3.63) is 11.0 Å². The second kappa shape index (κ2) is 13.9. The molecule has 1 heterocycles. The Hall–Kier alpha value is -2.28. The molecule has 0 spiro atoms. The second-order valence-corrected chi connectivity index (χ2v) is 7.40. The smallest absolute Gasteiger partial charge is 0.321 e. The van der Waals surface area contributed by atoms with Gasteiger partial charge in [0.25, 0.3) is 11.8 Å². The lowest BCUT2D eigenvalue weighted by Gasteiger charge is -2.14. The fourth-order valence-corrected chi connectivity index (χ4v) is 3.07. The molecule has 0 radical (unpaired) electrons. The largest absolute Gasteiger partial charge is 0.480 e. The number of thioether (sulfide) groups is 1. The van der Waals surface area contributed by atoms with Gasteiger partial charge in [0.05, 0.1) is 31.3 Å². The van der Waals surface area contributed by atoms with Gasteiger partial charge in [0, 0.05) is 37.8 Å². The number of imide groups is 1. The lowest BCUT2D eigenvalue weighted by atomic mass is 10.3. The molecule has 0 aromatic rings. The van der Waals surface area contributed by atoms with Gasteiger partial charge in [-0.3, -0.25) is 28.9 Å². The van der Waals surface area contributed by atoms with Crippen LogP contribution in [0.15, 0.2) is 11.0 Å². The van der Waals surface area contributed by atoms with Crippen LogP contribution in [0.4, 0.5) is 0 Å². The Morgan fingerprint density at radius 1 is 1.17 bits per heavy atom. The van der Waals surface area contributed by atoms with E-state index in [0.717, 1.165) is 22.7 Å². The quantitative estimate of drug-likeness (QED) is 0.196. The minimum Gasteiger partial charge on any atom is -0.480 e. The van der Waals surface area contributed by atoms with E-state index in [1.165, 1.54) is 6.92 Å². The summed E-state index contributed by atoms with van der Waals surface area (Å²) in [5, 5.41) is 11.4. The molecule has 30 heavy (non-hydrogen) atoms. The standard InChI is InChI=1S/C18H27N3O8S/c1-12(22)3-6-28-8-9-29-7-4-20-15(23)2-5-21-16(24)10-14(17(21)25)30-11-13(19)18(26)27/h10,13H,2-9,11,19H2,1H3,(H,20,23)(H,26,27). The van der Waals surface area contributed by atoms with Gasteiger partial charge in [-0.15, -0.1) is 11.8 Å². The highest BCUT2D eigenvalue weighted by Gasteiger charge is 2.32. The average molecular weight is 445 g/mol. The average Bonchev–Trinajstić information content (AvgIpc) is 2.95. The highest BCUT2D eigenvalue weighted by molar-refractivity contribution is 8.04. The molecule has 1 unspecified atom stereocenters. The summed E-state index contributed by atoms with van der Waals surface area (Å²) in [6, 6.07) is -1.15. The van der Waals surface area contributed by atoms with Gasteiger partial charge in [-0.1, -0.05) is 0 Å². The molecule has 0 aromatic carbocycles. The van der Waals surface area contributed by atoms with Crippen LogP contribution in [0.3, 0.4) is 0 Å². The fourth-order valence-electron chi connectivity index (χ4n) is 2.15. The first-order valence-corrected chi connectivity index (χ1v) is 10.3. The highest BCUT2D eigenvalue weighted by atomic mass is 32.2. The van der Waals surface area contributed by atoms with E-state index in [-0.39, 0.29) is 48.5 Å². The van der Waals surface area contributed by atoms with Crippen LogP contribution < -0.4 is 11.1 Å². The third-order valence-corrected chi connectivity index (χ3v) is 4.94. The Morgan fingerprint density at radius 3 is 2.47 bits per heavy atom. The number of carboxylic acids is 1. The number of amides is 3. The van der Waals surface area contributed by atoms with Gasteiger partial charge < -0.3 is 25.6 Å². The molecule has 1 aliphatic rings. The Morgan fingerprint density at radius 2 is 1.83 bits per heavy atom. The van der Waals surface area contributed by atoms with Crippen molar-refractivity contribution in [2.75, 3.05) is 45.3 Å². The summed E-state index contributed by atoms with van der Waals surface area (Å²) < 4.78 is 10.5. The summed E-state index contributed by atoms with van der Waals surface area (Å²) in [5.74, 6) is -2.64. The molecule has 4 N–H and O–H groups in total. The number of carbonyl (C=O) groups is 5. The van der Waals surface area contributed by atoms with E-state index in [2.05, 4.69) is 5.32 Å². The number of hydrogen-bond acceptors (Lipinski definition) is 9. The van der Waals surface area contributed by atoms with E-state index < -0.39 is 23.8 Å². The number of aliphatic carboxylic acids is 1. The first-order valence-electron chi connectivity index (χ1n) is 9.32. The SMILES string of the molecule is CC(=O)CCOCCOCCNC(=O)CCN1C(=O)C=C(SCC(N)C(=O)O)C1=O. The summed E-state index contributed by atoms with van der Waals surface area (Å²) in [5.41, 5.74) is 5.38. The van der Waals surface area contributed by atoms with Gasteiger partial charge in [-0.2, -0.15) is 0 Å². The molecule has 0 saturated heterocycles. The molecule has 0 aliphatic carbocycles. The van der Waals surface area contributed by atoms with Crippen LogP contribution in [0, 0.1) is 0 Å². The summed E-state index contributed by atoms with van der Waals surface area (Å²) in [6.07, 6.45) is 1.42. The van der Waals surface area contributed by atoms with Gasteiger partial charge in [-0.05, 0) is 6.92 Å². The van der Waals surface area contributed by atoms with E-state index in [4.69, 9.17) is 20.3 Å². The molecule has 0 aromatic heterocycles. The Balaban J connectivity index is 2.15. The minimum absolute atomic E-state index is 0.0454. The zero-order valence-electron chi connectivity index (χ0n) is 16.8. The van der Waals surface area contributed by atoms with Crippen LogP contribution in [-0.4, -0.2) is 90.8 Å². The third-order valence-electron chi connectivity index (χ3n) is 3.81. The number of carboxylic acid groups (broad SMARTS) is 1. The molecule has 0 bridgehead atoms. The number of nitrogens with two attached hydrogens (primary N) is 1. The van der Waals surface area contributed by atoms with E-state index in [0.29, 0.717) is 26.2 Å². The van der Waals surface area contributed by atoms with Crippen LogP contribution in [-0.2, 0) is 33.4 Å². The molecule has 1 aliphatic heterocycles. The number of hydrogen-bond donors (Lipinski definition) is 3. The zero-order chi connectivity index (χ0) is 22.5. The first-order chi connectivity index (χ1) is 14.2. The number of nitrogens with one attached hydrogen (secondary N) is 1. The molecule has 11 nitrogen and oxygen atoms in total. The van der Waals surface area contributed by atoms with Crippen molar-refractivity contribution in [2.24, 2.45) is 5.73 Å². The lowest BCUT2D eigenvalue weighted by Crippen LogP contribution is -2.36. The first kappa shape index (κ1) is 25.8. The van der Waals surface area contributed by atoms with E-state index in [1.807, 2.05) is 0 Å². The van der Waals surface area contributed by atoms with Gasteiger partial charge >= 0.3 is 5.97 Å². The van der Waals surface area contributed by atoms with Crippen molar-refractivity contribution in [1.82, 2.24) is 10.2 Å². The number of ether oxygens (including phenoxy) is 2. The third kappa shape index (κ3) is 9.96. The normalized spacial score (nSPS) is 14.6. The number of rotatable bonds is 16. The summed E-state index contributed by atoms with van der Waals surface area (Å²) in [6.45, 7) is 2.99. The van der Waals surface area contributed by atoms with Crippen molar-refractivity contribution in [2.45, 2.75) is 25.8 Å². The zero-order valence-corrected chi connectivity index (χ0v) is 17.6. The van der Waals surface area contributed by atoms with Crippen molar-refractivity contribution in [1.29, 1.82) is 0 Å². The molecule has 0 saturated carbocycles. The van der Waals surface area contributed by atoms with Gasteiger partial charge in [0.15, 0.2) is 0 Å². The highest BCUT2D eigenvalue weighted by Crippen LogP contribution is 2.24. The van der Waals surface area contributed by atoms with Crippen LogP contribution in [0.1, 0.15) is 19.8 Å².